The molecule has 0 N–H and O–H groups in total. The van der Waals surface area contributed by atoms with Crippen LogP contribution < -0.4 is 4.90 Å². The van der Waals surface area contributed by atoms with E-state index in [-0.39, 0.29) is 24.5 Å². The van der Waals surface area contributed by atoms with E-state index in [1.165, 1.54) is 6.07 Å². The van der Waals surface area contributed by atoms with E-state index in [0.717, 1.165) is 60.8 Å². The maximum atomic E-state index is 14.2. The van der Waals surface area contributed by atoms with Gasteiger partial charge in [0.2, 0.25) is 5.95 Å². The summed E-state index contributed by atoms with van der Waals surface area (Å²) in [6.45, 7) is 7.01. The van der Waals surface area contributed by atoms with Crippen LogP contribution in [0.2, 0.25) is 0 Å². The Hall–Kier alpha value is -4.10. The minimum Gasteiger partial charge on any atom is -0.383 e. The predicted octanol–water partition coefficient (Wildman–Crippen LogP) is 4.42. The molecule has 4 heterocycles. The number of hydrogen-bond acceptors (Lipinski definition) is 9. The summed E-state index contributed by atoms with van der Waals surface area (Å²) in [4.78, 5) is 33.7. The zero-order valence-electron chi connectivity index (χ0n) is 26.4. The van der Waals surface area contributed by atoms with Crippen LogP contribution >= 0.6 is 0 Å². The zero-order chi connectivity index (χ0) is 32.2. The van der Waals surface area contributed by atoms with Crippen LogP contribution in [0.5, 0.6) is 0 Å². The number of carbonyl (C=O) groups excluding carboxylic acids is 1. The van der Waals surface area contributed by atoms with Crippen molar-refractivity contribution in [2.24, 2.45) is 5.92 Å². The molecule has 0 aliphatic carbocycles. The van der Waals surface area contributed by atoms with Crippen molar-refractivity contribution in [1.29, 1.82) is 0 Å². The molecule has 0 radical (unpaired) electrons. The molecule has 4 aromatic rings. The molecule has 2 aliphatic heterocycles. The first-order valence-corrected chi connectivity index (χ1v) is 15.6. The summed E-state index contributed by atoms with van der Waals surface area (Å²) in [6, 6.07) is 13.5. The highest BCUT2D eigenvalue weighted by Crippen LogP contribution is 2.37. The molecular weight excluding hydrogens is 592 g/mol. The van der Waals surface area contributed by atoms with Crippen molar-refractivity contribution < 1.29 is 23.1 Å². The Labute approximate surface area is 267 Å². The van der Waals surface area contributed by atoms with Crippen LogP contribution in [-0.4, -0.2) is 95.5 Å². The van der Waals surface area contributed by atoms with Crippen molar-refractivity contribution in [3.05, 3.63) is 89.4 Å². The zero-order valence-corrected chi connectivity index (χ0v) is 26.4. The van der Waals surface area contributed by atoms with Gasteiger partial charge >= 0.3 is 0 Å². The number of methoxy groups -OCH3 is 1. The number of hydrogen-bond donors (Lipinski definition) is 0. The largest absolute Gasteiger partial charge is 0.383 e. The van der Waals surface area contributed by atoms with E-state index in [4.69, 9.17) is 14.7 Å². The molecule has 2 saturated heterocycles. The lowest BCUT2D eigenvalue weighted by molar-refractivity contribution is -0.155. The normalized spacial score (nSPS) is 19.2. The molecule has 10 nitrogen and oxygen atoms in total. The summed E-state index contributed by atoms with van der Waals surface area (Å²) < 4.78 is 34.9. The average Bonchev–Trinajstić information content (AvgIpc) is 3.62. The van der Waals surface area contributed by atoms with Crippen molar-refractivity contribution in [1.82, 2.24) is 29.7 Å². The third-order valence-corrected chi connectivity index (χ3v) is 8.74. The monoisotopic (exact) mass is 631 g/mol. The van der Waals surface area contributed by atoms with E-state index in [1.54, 1.807) is 24.6 Å². The molecule has 2 aromatic heterocycles. The van der Waals surface area contributed by atoms with E-state index in [0.29, 0.717) is 36.9 Å². The van der Waals surface area contributed by atoms with Crippen molar-refractivity contribution in [2.45, 2.75) is 25.9 Å². The molecule has 2 atom stereocenters. The Morgan fingerprint density at radius 1 is 1.02 bits per heavy atom. The van der Waals surface area contributed by atoms with Gasteiger partial charge in [-0.05, 0) is 49.4 Å². The Morgan fingerprint density at radius 2 is 1.76 bits per heavy atom. The van der Waals surface area contributed by atoms with Gasteiger partial charge in [0, 0.05) is 83.1 Å². The number of ether oxygens (including phenoxy) is 1. The summed E-state index contributed by atoms with van der Waals surface area (Å²) in [5.74, 6) is -1.45. The number of halogens is 2. The van der Waals surface area contributed by atoms with Crippen LogP contribution in [0, 0.1) is 24.5 Å². The van der Waals surface area contributed by atoms with Gasteiger partial charge in [0.1, 0.15) is 11.9 Å². The summed E-state index contributed by atoms with van der Waals surface area (Å²) in [5, 5.41) is 6.69. The highest BCUT2D eigenvalue weighted by atomic mass is 19.2. The quantitative estimate of drug-likeness (QED) is 0.239. The van der Waals surface area contributed by atoms with Crippen molar-refractivity contribution in [3.8, 4) is 16.9 Å². The number of anilines is 1. The van der Waals surface area contributed by atoms with E-state index in [9.17, 15) is 13.6 Å². The first-order valence-electron chi connectivity index (χ1n) is 15.6. The smallest absolute Gasteiger partial charge is 0.225 e. The SMILES string of the molecule is COCCN1C[C@@H](CC(=O)Cc2c(C)c(-c3cnc(N4CCN(C)CC4)nc3)nn2-c2ccccc2)[C@H](c2ccc(F)c(F)c2)O1. The summed E-state index contributed by atoms with van der Waals surface area (Å²) >= 11 is 0. The van der Waals surface area contributed by atoms with Gasteiger partial charge in [-0.25, -0.2) is 23.4 Å². The van der Waals surface area contributed by atoms with Gasteiger partial charge in [0.15, 0.2) is 11.6 Å². The molecule has 0 amide bonds. The van der Waals surface area contributed by atoms with Gasteiger partial charge < -0.3 is 14.5 Å². The molecule has 12 heteroatoms. The minimum absolute atomic E-state index is 0.0110. The maximum Gasteiger partial charge on any atom is 0.225 e. The van der Waals surface area contributed by atoms with Crippen LogP contribution in [0.3, 0.4) is 0 Å². The number of hydroxylamine groups is 2. The van der Waals surface area contributed by atoms with Gasteiger partial charge in [0.05, 0.1) is 23.7 Å². The van der Waals surface area contributed by atoms with Crippen molar-refractivity contribution >= 4 is 11.7 Å². The van der Waals surface area contributed by atoms with Crippen LogP contribution in [0.1, 0.15) is 29.3 Å². The topological polar surface area (TPSA) is 88.9 Å². The lowest BCUT2D eigenvalue weighted by atomic mass is 9.90. The van der Waals surface area contributed by atoms with Crippen molar-refractivity contribution in [3.63, 3.8) is 0 Å². The van der Waals surface area contributed by atoms with Crippen LogP contribution in [0.4, 0.5) is 14.7 Å². The summed E-state index contributed by atoms with van der Waals surface area (Å²) in [7, 11) is 3.71. The number of likely N-dealkylation sites (N-methyl/N-ethyl adjacent to an activating group) is 1. The summed E-state index contributed by atoms with van der Waals surface area (Å²) in [5.41, 5.74) is 4.46. The third kappa shape index (κ3) is 7.00. The first kappa shape index (κ1) is 31.9. The van der Waals surface area contributed by atoms with Crippen LogP contribution in [0.25, 0.3) is 16.9 Å². The highest BCUT2D eigenvalue weighted by molar-refractivity contribution is 5.82. The summed E-state index contributed by atoms with van der Waals surface area (Å²) in [6.07, 6.45) is 3.32. The number of Topliss-reactive ketones (excluding diaryl/α,β-unsaturated/α-hetero) is 1. The minimum atomic E-state index is -0.947. The molecular formula is C34H39F2N7O3. The van der Waals surface area contributed by atoms with Crippen LogP contribution in [0.15, 0.2) is 60.9 Å². The number of para-hydroxylation sites is 1. The van der Waals surface area contributed by atoms with E-state index >= 15 is 0 Å². The highest BCUT2D eigenvalue weighted by Gasteiger charge is 2.37. The second kappa shape index (κ2) is 14.1. The number of nitrogens with zero attached hydrogens (tertiary/aromatic N) is 7. The number of benzene rings is 2. The fourth-order valence-electron chi connectivity index (χ4n) is 6.14. The Kier molecular flexibility index (Phi) is 9.78. The number of ketones is 1. The van der Waals surface area contributed by atoms with Crippen LogP contribution in [-0.2, 0) is 20.8 Å². The molecule has 46 heavy (non-hydrogen) atoms. The second-order valence-electron chi connectivity index (χ2n) is 12.0. The molecule has 0 unspecified atom stereocenters. The number of piperazine rings is 1. The molecule has 6 rings (SSSR count). The van der Waals surface area contributed by atoms with E-state index < -0.39 is 17.7 Å². The molecule has 2 fully saturated rings. The van der Waals surface area contributed by atoms with E-state index in [1.807, 2.05) is 41.9 Å². The molecule has 0 spiro atoms. The number of carbonyl (C=O) groups is 1. The number of aromatic nitrogens is 4. The molecule has 0 bridgehead atoms. The standard InChI is InChI=1S/C34H39F2N7O3/c1-23-31(19-28(44)17-25-22-42(15-16-45-3)46-33(25)24-9-10-29(35)30(36)18-24)43(27-7-5-4-6-8-27)39-32(23)26-20-37-34(38-21-26)41-13-11-40(2)12-14-41/h4-10,18,20-21,25,33H,11-17,19,22H2,1-3H3/t25-,33+/m1/s1. The van der Waals surface area contributed by atoms with E-state index in [2.05, 4.69) is 26.8 Å². The maximum absolute atomic E-state index is 14.2. The Balaban J connectivity index is 1.25. The molecule has 242 valence electrons. The molecule has 2 aliphatic rings. The Morgan fingerprint density at radius 3 is 2.46 bits per heavy atom. The number of rotatable bonds is 11. The van der Waals surface area contributed by atoms with Gasteiger partial charge in [-0.1, -0.05) is 24.3 Å². The predicted molar refractivity (Wildman–Crippen MR) is 169 cm³/mol. The lowest BCUT2D eigenvalue weighted by Crippen LogP contribution is -2.45. The van der Waals surface area contributed by atoms with Gasteiger partial charge in [-0.3, -0.25) is 9.63 Å². The average molecular weight is 632 g/mol. The third-order valence-electron chi connectivity index (χ3n) is 8.74. The fourth-order valence-corrected chi connectivity index (χ4v) is 6.14. The van der Waals surface area contributed by atoms with Crippen molar-refractivity contribution in [2.75, 3.05) is 64.9 Å². The second-order valence-corrected chi connectivity index (χ2v) is 12.0. The van der Waals surface area contributed by atoms with Gasteiger partial charge in [0.25, 0.3) is 0 Å². The Bertz CT molecular complexity index is 1640. The lowest BCUT2D eigenvalue weighted by Gasteiger charge is -2.32. The first-order chi connectivity index (χ1) is 22.3. The van der Waals surface area contributed by atoms with Gasteiger partial charge in [-0.15, -0.1) is 0 Å². The van der Waals surface area contributed by atoms with Gasteiger partial charge in [-0.2, -0.15) is 10.2 Å². The fraction of sp³-hybridized carbons (Fsp3) is 0.412. The molecule has 2 aromatic carbocycles. The molecule has 0 saturated carbocycles.